The van der Waals surface area contributed by atoms with Crippen LogP contribution in [0, 0.1) is 0 Å². The highest BCUT2D eigenvalue weighted by atomic mass is 32.2. The fourth-order valence-electron chi connectivity index (χ4n) is 3.08. The second-order valence-corrected chi connectivity index (χ2v) is 8.81. The Morgan fingerprint density at radius 1 is 0.640 bits per heavy atom. The molecule has 0 saturated heterocycles. The van der Waals surface area contributed by atoms with Gasteiger partial charge in [-0.3, -0.25) is 4.55 Å². The number of rotatable bonds is 15. The summed E-state index contributed by atoms with van der Waals surface area (Å²) in [5, 5.41) is 0. The zero-order valence-corrected chi connectivity index (χ0v) is 18.5. The van der Waals surface area contributed by atoms with Crippen LogP contribution >= 0.6 is 0 Å². The minimum Gasteiger partial charge on any atom is -0.324 e. The van der Waals surface area contributed by atoms with Crippen molar-refractivity contribution in [2.45, 2.75) is 98.8 Å². The van der Waals surface area contributed by atoms with Crippen molar-refractivity contribution < 1.29 is 17.5 Å². The summed E-state index contributed by atoms with van der Waals surface area (Å²) in [6, 6.07) is 0. The molecule has 0 aliphatic rings. The van der Waals surface area contributed by atoms with E-state index in [0.29, 0.717) is 0 Å². The lowest BCUT2D eigenvalue weighted by molar-refractivity contribution is -0.923. The first-order valence-corrected chi connectivity index (χ1v) is 12.2. The van der Waals surface area contributed by atoms with Crippen molar-refractivity contribution in [3.05, 3.63) is 0 Å². The summed E-state index contributed by atoms with van der Waals surface area (Å²) in [6.07, 6.45) is 14.5. The molecular weight excluding hydrogens is 334 g/mol. The van der Waals surface area contributed by atoms with E-state index in [1.54, 1.807) is 0 Å². The Morgan fingerprint density at radius 3 is 1.24 bits per heavy atom. The van der Waals surface area contributed by atoms with E-state index < -0.39 is 10.1 Å². The van der Waals surface area contributed by atoms with E-state index in [9.17, 15) is 8.42 Å². The Balaban J connectivity index is 0. The van der Waals surface area contributed by atoms with Crippen LogP contribution in [-0.4, -0.2) is 49.4 Å². The van der Waals surface area contributed by atoms with Crippen molar-refractivity contribution >= 4 is 10.1 Å². The smallest absolute Gasteiger partial charge is 0.264 e. The summed E-state index contributed by atoms with van der Waals surface area (Å²) in [5.41, 5.74) is 0. The van der Waals surface area contributed by atoms with Gasteiger partial charge in [0.25, 0.3) is 10.1 Å². The van der Waals surface area contributed by atoms with Gasteiger partial charge in [-0.1, -0.05) is 58.3 Å². The van der Waals surface area contributed by atoms with E-state index in [0.717, 1.165) is 0 Å². The van der Waals surface area contributed by atoms with E-state index in [4.69, 9.17) is 4.55 Å². The zero-order chi connectivity index (χ0) is 19.6. The van der Waals surface area contributed by atoms with Crippen molar-refractivity contribution in [3.8, 4) is 0 Å². The molecule has 1 N–H and O–H groups in total. The van der Waals surface area contributed by atoms with Crippen LogP contribution in [0.5, 0.6) is 0 Å². The van der Waals surface area contributed by atoms with E-state index in [-0.39, 0.29) is 5.75 Å². The van der Waals surface area contributed by atoms with Crippen LogP contribution in [0.25, 0.3) is 0 Å². The normalized spacial score (nSPS) is 11.9. The molecule has 25 heavy (non-hydrogen) atoms. The second-order valence-electron chi connectivity index (χ2n) is 7.07. The van der Waals surface area contributed by atoms with Crippen molar-refractivity contribution in [1.82, 2.24) is 0 Å². The van der Waals surface area contributed by atoms with Crippen LogP contribution in [0.2, 0.25) is 0 Å². The largest absolute Gasteiger partial charge is 0.324 e. The van der Waals surface area contributed by atoms with Gasteiger partial charge >= 0.3 is 0 Å². The average Bonchev–Trinajstić information content (AvgIpc) is 2.60. The SMILES string of the molecule is CCCCCCCCCCCC[N+](CC)(CC)CC.CCS(=O)(=O)O. The first-order valence-electron chi connectivity index (χ1n) is 10.6. The number of quaternary nitrogens is 1. The molecule has 0 unspecified atom stereocenters. The number of hydrogen-bond donors (Lipinski definition) is 1. The molecule has 0 amide bonds. The molecular formula is C20H46NO3S+. The molecule has 0 aromatic carbocycles. The molecule has 0 aliphatic carbocycles. The van der Waals surface area contributed by atoms with Crippen molar-refractivity contribution in [1.29, 1.82) is 0 Å². The fraction of sp³-hybridized carbons (Fsp3) is 1.00. The first kappa shape index (κ1) is 27.1. The molecule has 0 rings (SSSR count). The highest BCUT2D eigenvalue weighted by Gasteiger charge is 2.19. The summed E-state index contributed by atoms with van der Waals surface area (Å²) in [7, 11) is -3.66. The minimum absolute atomic E-state index is 0.201. The fourth-order valence-corrected chi connectivity index (χ4v) is 3.08. The molecule has 0 radical (unpaired) electrons. The van der Waals surface area contributed by atoms with Crippen molar-refractivity contribution in [2.24, 2.45) is 0 Å². The molecule has 0 fully saturated rings. The van der Waals surface area contributed by atoms with Gasteiger partial charge in [0.1, 0.15) is 0 Å². The minimum atomic E-state index is -3.66. The zero-order valence-electron chi connectivity index (χ0n) is 17.7. The van der Waals surface area contributed by atoms with Gasteiger partial charge in [0.05, 0.1) is 31.9 Å². The molecule has 0 heterocycles. The number of hydrogen-bond acceptors (Lipinski definition) is 2. The van der Waals surface area contributed by atoms with Gasteiger partial charge in [-0.05, 0) is 40.5 Å². The Bertz CT molecular complexity index is 357. The van der Waals surface area contributed by atoms with Crippen LogP contribution in [0.1, 0.15) is 98.8 Å². The van der Waals surface area contributed by atoms with Gasteiger partial charge < -0.3 is 4.48 Å². The van der Waals surface area contributed by atoms with E-state index in [2.05, 4.69) is 27.7 Å². The third-order valence-corrected chi connectivity index (χ3v) is 6.09. The van der Waals surface area contributed by atoms with Crippen molar-refractivity contribution in [3.63, 3.8) is 0 Å². The van der Waals surface area contributed by atoms with Crippen LogP contribution in [-0.2, 0) is 10.1 Å². The Labute approximate surface area is 158 Å². The predicted octanol–water partition coefficient (Wildman–Crippen LogP) is 5.68. The molecule has 0 atom stereocenters. The second kappa shape index (κ2) is 17.3. The molecule has 0 aliphatic heterocycles. The third kappa shape index (κ3) is 18.5. The first-order chi connectivity index (χ1) is 11.8. The summed E-state index contributed by atoms with van der Waals surface area (Å²) in [4.78, 5) is 0. The average molecular weight is 381 g/mol. The maximum absolute atomic E-state index is 9.56. The van der Waals surface area contributed by atoms with Crippen LogP contribution in [0.3, 0.4) is 0 Å². The van der Waals surface area contributed by atoms with Crippen LogP contribution in [0.15, 0.2) is 0 Å². The predicted molar refractivity (Wildman–Crippen MR) is 111 cm³/mol. The van der Waals surface area contributed by atoms with Crippen LogP contribution in [0.4, 0.5) is 0 Å². The summed E-state index contributed by atoms with van der Waals surface area (Å²) >= 11 is 0. The number of nitrogens with zero attached hydrogens (tertiary/aromatic N) is 1. The number of unbranched alkanes of at least 4 members (excludes halogenated alkanes) is 9. The van der Waals surface area contributed by atoms with Gasteiger partial charge in [0, 0.05) is 0 Å². The molecule has 0 aromatic rings. The lowest BCUT2D eigenvalue weighted by Gasteiger charge is -2.35. The lowest BCUT2D eigenvalue weighted by atomic mass is 10.1. The highest BCUT2D eigenvalue weighted by molar-refractivity contribution is 7.85. The van der Waals surface area contributed by atoms with Crippen LogP contribution < -0.4 is 0 Å². The quantitative estimate of drug-likeness (QED) is 0.226. The highest BCUT2D eigenvalue weighted by Crippen LogP contribution is 2.13. The van der Waals surface area contributed by atoms with Gasteiger partial charge in [-0.25, -0.2) is 0 Å². The van der Waals surface area contributed by atoms with Gasteiger partial charge in [-0.15, -0.1) is 0 Å². The Hall–Kier alpha value is -0.130. The molecule has 0 spiro atoms. The third-order valence-electron chi connectivity index (χ3n) is 5.36. The van der Waals surface area contributed by atoms with Gasteiger partial charge in [0.15, 0.2) is 0 Å². The molecule has 0 saturated carbocycles. The molecule has 5 heteroatoms. The summed E-state index contributed by atoms with van der Waals surface area (Å²) in [6.45, 7) is 16.0. The monoisotopic (exact) mass is 380 g/mol. The molecule has 4 nitrogen and oxygen atoms in total. The lowest BCUT2D eigenvalue weighted by Crippen LogP contribution is -2.48. The topological polar surface area (TPSA) is 54.4 Å². The maximum Gasteiger partial charge on any atom is 0.264 e. The van der Waals surface area contributed by atoms with Gasteiger partial charge in [-0.2, -0.15) is 8.42 Å². The molecule has 154 valence electrons. The van der Waals surface area contributed by atoms with E-state index in [1.165, 1.54) is 102 Å². The van der Waals surface area contributed by atoms with Gasteiger partial charge in [0.2, 0.25) is 0 Å². The standard InChI is InChI=1S/C18H40N.C2H6O3S/c1-5-9-10-11-12-13-14-15-16-17-18-19(6-2,7-3)8-4;1-2-6(3,4)5/h5-18H2,1-4H3;2H2,1H3,(H,3,4,5)/q+1;. The molecule has 0 aromatic heterocycles. The Kier molecular flexibility index (Phi) is 18.7. The Morgan fingerprint density at radius 2 is 0.960 bits per heavy atom. The molecule has 0 bridgehead atoms. The van der Waals surface area contributed by atoms with E-state index in [1.807, 2.05) is 0 Å². The maximum atomic E-state index is 9.56. The van der Waals surface area contributed by atoms with Crippen molar-refractivity contribution in [2.75, 3.05) is 31.9 Å². The van der Waals surface area contributed by atoms with E-state index >= 15 is 0 Å². The summed E-state index contributed by atoms with van der Waals surface area (Å²) < 4.78 is 28.2. The summed E-state index contributed by atoms with van der Waals surface area (Å²) in [5.74, 6) is -0.201.